The average Bonchev–Trinajstić information content (AvgIpc) is 3.24. The first kappa shape index (κ1) is 19.9. The van der Waals surface area contributed by atoms with E-state index in [0.29, 0.717) is 38.6 Å². The Hall–Kier alpha value is -2.44. The van der Waals surface area contributed by atoms with Gasteiger partial charge in [-0.3, -0.25) is 4.98 Å². The first-order chi connectivity index (χ1) is 14.1. The summed E-state index contributed by atoms with van der Waals surface area (Å²) in [5.41, 5.74) is 1.95. The second kappa shape index (κ2) is 8.51. The second-order valence-corrected chi connectivity index (χ2v) is 7.65. The molecule has 0 amide bonds. The lowest BCUT2D eigenvalue weighted by Gasteiger charge is -2.19. The summed E-state index contributed by atoms with van der Waals surface area (Å²) in [6, 6.07) is 5.59. The molecule has 0 aliphatic heterocycles. The van der Waals surface area contributed by atoms with Gasteiger partial charge in [0.1, 0.15) is 5.52 Å². The molecule has 1 aliphatic rings. The molecule has 2 aromatic heterocycles. The SMILES string of the molecule is COc1cc(Nc2c(Cl)cncc2Cl)c2ccc(OC)c(OC3CCCC3)c2n1. The summed E-state index contributed by atoms with van der Waals surface area (Å²) in [5.74, 6) is 1.69. The monoisotopic (exact) mass is 433 g/mol. The fourth-order valence-electron chi connectivity index (χ4n) is 3.55. The Balaban J connectivity index is 1.86. The summed E-state index contributed by atoms with van der Waals surface area (Å²) in [6.45, 7) is 0. The van der Waals surface area contributed by atoms with Gasteiger partial charge in [0.25, 0.3) is 0 Å². The van der Waals surface area contributed by atoms with E-state index in [0.717, 1.165) is 23.9 Å². The normalized spacial score (nSPS) is 14.2. The van der Waals surface area contributed by atoms with Gasteiger partial charge < -0.3 is 19.5 Å². The standard InChI is InChI=1S/C21H21Cl2N3O3/c1-27-17-8-7-13-16(25-20-14(22)10-24-11-15(20)23)9-18(28-2)26-19(13)21(17)29-12-5-3-4-6-12/h7-12H,3-6H2,1-2H3,(H,24,25,26). The summed E-state index contributed by atoms with van der Waals surface area (Å²) in [6.07, 6.45) is 7.61. The molecule has 152 valence electrons. The number of aromatic nitrogens is 2. The van der Waals surface area contributed by atoms with Gasteiger partial charge in [0.15, 0.2) is 11.5 Å². The maximum absolute atomic E-state index is 6.33. The average molecular weight is 434 g/mol. The Morgan fingerprint density at radius 3 is 2.41 bits per heavy atom. The predicted molar refractivity (Wildman–Crippen MR) is 115 cm³/mol. The number of pyridine rings is 2. The smallest absolute Gasteiger partial charge is 0.215 e. The summed E-state index contributed by atoms with van der Waals surface area (Å²) < 4.78 is 17.3. The zero-order valence-corrected chi connectivity index (χ0v) is 17.7. The van der Waals surface area contributed by atoms with E-state index >= 15 is 0 Å². The lowest BCUT2D eigenvalue weighted by atomic mass is 10.1. The lowest BCUT2D eigenvalue weighted by molar-refractivity contribution is 0.203. The highest BCUT2D eigenvalue weighted by atomic mass is 35.5. The molecule has 0 saturated heterocycles. The van der Waals surface area contributed by atoms with E-state index < -0.39 is 0 Å². The molecular formula is C21H21Cl2N3O3. The molecule has 1 saturated carbocycles. The molecule has 0 radical (unpaired) electrons. The van der Waals surface area contributed by atoms with E-state index in [4.69, 9.17) is 37.4 Å². The third-order valence-electron chi connectivity index (χ3n) is 5.00. The highest BCUT2D eigenvalue weighted by Crippen LogP contribution is 2.42. The number of hydrogen-bond acceptors (Lipinski definition) is 6. The number of fused-ring (bicyclic) bond motifs is 1. The molecule has 0 unspecified atom stereocenters. The van der Waals surface area contributed by atoms with Crippen molar-refractivity contribution >= 4 is 45.5 Å². The zero-order valence-electron chi connectivity index (χ0n) is 16.2. The highest BCUT2D eigenvalue weighted by molar-refractivity contribution is 6.39. The van der Waals surface area contributed by atoms with Crippen LogP contribution in [-0.4, -0.2) is 30.3 Å². The van der Waals surface area contributed by atoms with Gasteiger partial charge in [0.05, 0.1) is 41.7 Å². The first-order valence-electron chi connectivity index (χ1n) is 9.39. The number of benzene rings is 1. The zero-order chi connectivity index (χ0) is 20.4. The summed E-state index contributed by atoms with van der Waals surface area (Å²) >= 11 is 12.6. The Kier molecular flexibility index (Phi) is 5.83. The van der Waals surface area contributed by atoms with Crippen LogP contribution < -0.4 is 19.5 Å². The van der Waals surface area contributed by atoms with Gasteiger partial charge in [-0.25, -0.2) is 4.98 Å². The Bertz CT molecular complexity index is 1020. The topological polar surface area (TPSA) is 65.5 Å². The van der Waals surface area contributed by atoms with Crippen LogP contribution in [0.15, 0.2) is 30.6 Å². The quantitative estimate of drug-likeness (QED) is 0.512. The van der Waals surface area contributed by atoms with Crippen molar-refractivity contribution in [1.29, 1.82) is 0 Å². The van der Waals surface area contributed by atoms with Gasteiger partial charge in [-0.05, 0) is 37.8 Å². The largest absolute Gasteiger partial charge is 0.493 e. The molecule has 8 heteroatoms. The van der Waals surface area contributed by atoms with Crippen molar-refractivity contribution in [3.63, 3.8) is 0 Å². The van der Waals surface area contributed by atoms with Crippen LogP contribution in [0.3, 0.4) is 0 Å². The van der Waals surface area contributed by atoms with Crippen molar-refractivity contribution in [3.05, 3.63) is 40.6 Å². The molecule has 1 N–H and O–H groups in total. The molecule has 2 heterocycles. The molecule has 29 heavy (non-hydrogen) atoms. The van der Waals surface area contributed by atoms with Crippen LogP contribution in [0.1, 0.15) is 25.7 Å². The fourth-order valence-corrected chi connectivity index (χ4v) is 4.00. The summed E-state index contributed by atoms with van der Waals surface area (Å²) in [5, 5.41) is 4.96. The Morgan fingerprint density at radius 2 is 1.76 bits per heavy atom. The number of anilines is 2. The number of nitrogens with zero attached hydrogens (tertiary/aromatic N) is 2. The Morgan fingerprint density at radius 1 is 1.03 bits per heavy atom. The van der Waals surface area contributed by atoms with Crippen LogP contribution in [-0.2, 0) is 0 Å². The van der Waals surface area contributed by atoms with E-state index in [9.17, 15) is 0 Å². The van der Waals surface area contributed by atoms with Crippen LogP contribution in [0.2, 0.25) is 10.0 Å². The minimum absolute atomic E-state index is 0.156. The number of nitrogens with one attached hydrogen (secondary N) is 1. The van der Waals surface area contributed by atoms with Crippen LogP contribution in [0.4, 0.5) is 11.4 Å². The van der Waals surface area contributed by atoms with Gasteiger partial charge >= 0.3 is 0 Å². The predicted octanol–water partition coefficient (Wildman–Crippen LogP) is 6.02. The molecule has 4 rings (SSSR count). The molecule has 1 fully saturated rings. The molecule has 0 atom stereocenters. The number of halogens is 2. The minimum Gasteiger partial charge on any atom is -0.493 e. The van der Waals surface area contributed by atoms with E-state index in [1.54, 1.807) is 20.3 Å². The van der Waals surface area contributed by atoms with E-state index in [1.807, 2.05) is 12.1 Å². The number of rotatable bonds is 6. The second-order valence-electron chi connectivity index (χ2n) is 6.83. The number of hydrogen-bond donors (Lipinski definition) is 1. The van der Waals surface area contributed by atoms with Crippen LogP contribution in [0.5, 0.6) is 17.4 Å². The van der Waals surface area contributed by atoms with Gasteiger partial charge in [0, 0.05) is 23.8 Å². The van der Waals surface area contributed by atoms with Crippen LogP contribution >= 0.6 is 23.2 Å². The van der Waals surface area contributed by atoms with Gasteiger partial charge in [-0.2, -0.15) is 0 Å². The molecule has 0 spiro atoms. The van der Waals surface area contributed by atoms with Gasteiger partial charge in [0.2, 0.25) is 5.88 Å². The maximum Gasteiger partial charge on any atom is 0.215 e. The van der Waals surface area contributed by atoms with Crippen molar-refractivity contribution in [2.75, 3.05) is 19.5 Å². The molecule has 1 aromatic carbocycles. The highest BCUT2D eigenvalue weighted by Gasteiger charge is 2.22. The van der Waals surface area contributed by atoms with Crippen molar-refractivity contribution < 1.29 is 14.2 Å². The van der Waals surface area contributed by atoms with Crippen molar-refractivity contribution in [2.24, 2.45) is 0 Å². The van der Waals surface area contributed by atoms with Gasteiger partial charge in [-0.15, -0.1) is 0 Å². The van der Waals surface area contributed by atoms with Crippen molar-refractivity contribution in [2.45, 2.75) is 31.8 Å². The molecule has 0 bridgehead atoms. The lowest BCUT2D eigenvalue weighted by Crippen LogP contribution is -2.12. The fraction of sp³-hybridized carbons (Fsp3) is 0.333. The van der Waals surface area contributed by atoms with Crippen molar-refractivity contribution in [3.8, 4) is 17.4 Å². The Labute approximate surface area is 179 Å². The summed E-state index contributed by atoms with van der Waals surface area (Å²) in [4.78, 5) is 8.64. The first-order valence-corrected chi connectivity index (χ1v) is 10.1. The van der Waals surface area contributed by atoms with Crippen LogP contribution in [0, 0.1) is 0 Å². The van der Waals surface area contributed by atoms with E-state index in [2.05, 4.69) is 15.3 Å². The van der Waals surface area contributed by atoms with E-state index in [1.165, 1.54) is 25.2 Å². The third-order valence-corrected chi connectivity index (χ3v) is 5.58. The maximum atomic E-state index is 6.33. The van der Waals surface area contributed by atoms with Gasteiger partial charge in [-0.1, -0.05) is 23.2 Å². The minimum atomic E-state index is 0.156. The molecule has 6 nitrogen and oxygen atoms in total. The summed E-state index contributed by atoms with van der Waals surface area (Å²) in [7, 11) is 3.19. The van der Waals surface area contributed by atoms with Crippen molar-refractivity contribution in [1.82, 2.24) is 9.97 Å². The third kappa shape index (κ3) is 4.00. The molecule has 1 aliphatic carbocycles. The number of methoxy groups -OCH3 is 2. The molecular weight excluding hydrogens is 413 g/mol. The van der Waals surface area contributed by atoms with Crippen LogP contribution in [0.25, 0.3) is 10.9 Å². The van der Waals surface area contributed by atoms with E-state index in [-0.39, 0.29) is 6.10 Å². The number of ether oxygens (including phenoxy) is 3. The molecule has 3 aromatic rings.